The highest BCUT2D eigenvalue weighted by Gasteiger charge is 2.35. The van der Waals surface area contributed by atoms with Crippen LogP contribution in [-0.2, 0) is 9.47 Å². The van der Waals surface area contributed by atoms with Gasteiger partial charge in [0.25, 0.3) is 0 Å². The van der Waals surface area contributed by atoms with Gasteiger partial charge in [-0.1, -0.05) is 0 Å². The van der Waals surface area contributed by atoms with E-state index in [0.29, 0.717) is 13.2 Å². The number of carbonyl (C=O) groups excluding carboxylic acids is 1. The van der Waals surface area contributed by atoms with Crippen LogP contribution in [0.25, 0.3) is 0 Å². The zero-order valence-corrected chi connectivity index (χ0v) is 10.2. The molecule has 0 aromatic heterocycles. The van der Waals surface area contributed by atoms with E-state index in [2.05, 4.69) is 6.07 Å². The molecule has 1 fully saturated rings. The van der Waals surface area contributed by atoms with E-state index in [1.54, 1.807) is 27.7 Å². The van der Waals surface area contributed by atoms with Gasteiger partial charge in [-0.05, 0) is 27.7 Å². The van der Waals surface area contributed by atoms with Crippen molar-refractivity contribution in [3.05, 3.63) is 0 Å². The monoisotopic (exact) mass is 226 g/mol. The third-order valence-electron chi connectivity index (χ3n) is 2.25. The number of nitriles is 1. The highest BCUT2D eigenvalue weighted by atomic mass is 16.6. The maximum Gasteiger partial charge on any atom is 0.411 e. The lowest BCUT2D eigenvalue weighted by molar-refractivity contribution is -0.0535. The Balaban J connectivity index is 2.71. The Morgan fingerprint density at radius 2 is 2.19 bits per heavy atom. The summed E-state index contributed by atoms with van der Waals surface area (Å²) < 4.78 is 10.6. The van der Waals surface area contributed by atoms with Gasteiger partial charge >= 0.3 is 6.09 Å². The Kier molecular flexibility index (Phi) is 3.76. The standard InChI is InChI=1S/C11H18N2O3/c1-8-9(7-12)13(5-6-15-8)10(14)16-11(2,3)4/h8-9H,5-6H2,1-4H3/t8-,9-/m1/s1. The van der Waals surface area contributed by atoms with Gasteiger partial charge in [-0.25, -0.2) is 4.79 Å². The number of hydrogen-bond acceptors (Lipinski definition) is 4. The van der Waals surface area contributed by atoms with Gasteiger partial charge in [0.1, 0.15) is 11.6 Å². The van der Waals surface area contributed by atoms with E-state index in [0.717, 1.165) is 0 Å². The van der Waals surface area contributed by atoms with Crippen LogP contribution in [0.1, 0.15) is 27.7 Å². The van der Waals surface area contributed by atoms with Crippen LogP contribution < -0.4 is 0 Å². The van der Waals surface area contributed by atoms with Crippen LogP contribution in [-0.4, -0.2) is 41.9 Å². The second-order valence-corrected chi connectivity index (χ2v) is 4.82. The summed E-state index contributed by atoms with van der Waals surface area (Å²) in [5.74, 6) is 0. The lowest BCUT2D eigenvalue weighted by Gasteiger charge is -2.36. The molecule has 0 spiro atoms. The van der Waals surface area contributed by atoms with Gasteiger partial charge in [-0.3, -0.25) is 4.90 Å². The van der Waals surface area contributed by atoms with Crippen molar-refractivity contribution in [1.29, 1.82) is 5.26 Å². The first-order valence-electron chi connectivity index (χ1n) is 5.36. The van der Waals surface area contributed by atoms with Crippen LogP contribution in [0.2, 0.25) is 0 Å². The highest BCUT2D eigenvalue weighted by Crippen LogP contribution is 2.17. The average molecular weight is 226 g/mol. The van der Waals surface area contributed by atoms with Gasteiger partial charge in [-0.15, -0.1) is 0 Å². The van der Waals surface area contributed by atoms with E-state index in [4.69, 9.17) is 14.7 Å². The van der Waals surface area contributed by atoms with Crippen LogP contribution in [0.3, 0.4) is 0 Å². The molecule has 1 aliphatic rings. The summed E-state index contributed by atoms with van der Waals surface area (Å²) in [4.78, 5) is 13.3. The summed E-state index contributed by atoms with van der Waals surface area (Å²) in [6, 6.07) is 1.50. The predicted molar refractivity (Wildman–Crippen MR) is 57.8 cm³/mol. The van der Waals surface area contributed by atoms with Crippen molar-refractivity contribution in [2.45, 2.75) is 45.4 Å². The molecule has 0 aliphatic carbocycles. The molecule has 1 rings (SSSR count). The number of rotatable bonds is 0. The molecule has 1 aliphatic heterocycles. The zero-order chi connectivity index (χ0) is 12.3. The van der Waals surface area contributed by atoms with E-state index < -0.39 is 17.7 Å². The van der Waals surface area contributed by atoms with Crippen LogP contribution >= 0.6 is 0 Å². The second kappa shape index (κ2) is 4.71. The molecule has 2 atom stereocenters. The topological polar surface area (TPSA) is 62.6 Å². The summed E-state index contributed by atoms with van der Waals surface area (Å²) in [5, 5.41) is 9.00. The Morgan fingerprint density at radius 1 is 1.56 bits per heavy atom. The molecular weight excluding hydrogens is 208 g/mol. The first-order valence-corrected chi connectivity index (χ1v) is 5.36. The molecule has 0 aromatic carbocycles. The molecule has 0 saturated carbocycles. The number of carbonyl (C=O) groups is 1. The van der Waals surface area contributed by atoms with Crippen LogP contribution in [0, 0.1) is 11.3 Å². The van der Waals surface area contributed by atoms with E-state index in [1.165, 1.54) is 4.90 Å². The molecule has 16 heavy (non-hydrogen) atoms. The van der Waals surface area contributed by atoms with Crippen LogP contribution in [0.4, 0.5) is 4.79 Å². The van der Waals surface area contributed by atoms with Crippen molar-refractivity contribution >= 4 is 6.09 Å². The number of ether oxygens (including phenoxy) is 2. The van der Waals surface area contributed by atoms with Crippen molar-refractivity contribution in [3.8, 4) is 6.07 Å². The summed E-state index contributed by atoms with van der Waals surface area (Å²) >= 11 is 0. The SMILES string of the molecule is C[C@H]1OCCN(C(=O)OC(C)(C)C)[C@@H]1C#N. The van der Waals surface area contributed by atoms with Crippen LogP contribution in [0.15, 0.2) is 0 Å². The minimum Gasteiger partial charge on any atom is -0.444 e. The normalized spacial score (nSPS) is 26.1. The molecule has 5 nitrogen and oxygen atoms in total. The third kappa shape index (κ3) is 3.11. The summed E-state index contributed by atoms with van der Waals surface area (Å²) in [5.41, 5.74) is -0.543. The first kappa shape index (κ1) is 12.8. The van der Waals surface area contributed by atoms with Crippen molar-refractivity contribution in [2.75, 3.05) is 13.2 Å². The van der Waals surface area contributed by atoms with E-state index in [1.807, 2.05) is 0 Å². The second-order valence-electron chi connectivity index (χ2n) is 4.82. The molecule has 0 aromatic rings. The quantitative estimate of drug-likeness (QED) is 0.628. The third-order valence-corrected chi connectivity index (χ3v) is 2.25. The molecule has 1 saturated heterocycles. The Labute approximate surface area is 95.9 Å². The summed E-state index contributed by atoms with van der Waals surface area (Å²) in [7, 11) is 0. The maximum absolute atomic E-state index is 11.8. The van der Waals surface area contributed by atoms with Crippen molar-refractivity contribution in [1.82, 2.24) is 4.90 Å². The highest BCUT2D eigenvalue weighted by molar-refractivity contribution is 5.69. The summed E-state index contributed by atoms with van der Waals surface area (Å²) in [6.45, 7) is 8.03. The van der Waals surface area contributed by atoms with E-state index >= 15 is 0 Å². The fourth-order valence-corrected chi connectivity index (χ4v) is 1.52. The molecule has 0 unspecified atom stereocenters. The Bertz CT molecular complexity index is 303. The molecule has 1 heterocycles. The fourth-order valence-electron chi connectivity index (χ4n) is 1.52. The number of morpholine rings is 1. The van der Waals surface area contributed by atoms with Gasteiger partial charge in [-0.2, -0.15) is 5.26 Å². The smallest absolute Gasteiger partial charge is 0.411 e. The molecule has 1 amide bonds. The molecular formula is C11H18N2O3. The van der Waals surface area contributed by atoms with E-state index in [9.17, 15) is 4.79 Å². The maximum atomic E-state index is 11.8. The number of amides is 1. The Morgan fingerprint density at radius 3 is 2.69 bits per heavy atom. The first-order chi connectivity index (χ1) is 7.35. The molecule has 0 bridgehead atoms. The van der Waals surface area contributed by atoms with Crippen LogP contribution in [0.5, 0.6) is 0 Å². The molecule has 5 heteroatoms. The average Bonchev–Trinajstić information content (AvgIpc) is 2.14. The lowest BCUT2D eigenvalue weighted by atomic mass is 10.1. The largest absolute Gasteiger partial charge is 0.444 e. The van der Waals surface area contributed by atoms with Gasteiger partial charge in [0.2, 0.25) is 0 Å². The number of nitrogens with zero attached hydrogens (tertiary/aromatic N) is 2. The lowest BCUT2D eigenvalue weighted by Crippen LogP contribution is -2.53. The van der Waals surface area contributed by atoms with Crippen molar-refractivity contribution in [3.63, 3.8) is 0 Å². The fraction of sp³-hybridized carbons (Fsp3) is 0.818. The minimum absolute atomic E-state index is 0.272. The van der Waals surface area contributed by atoms with Crippen molar-refractivity contribution in [2.24, 2.45) is 0 Å². The Hall–Kier alpha value is -1.28. The van der Waals surface area contributed by atoms with Gasteiger partial charge in [0, 0.05) is 6.54 Å². The van der Waals surface area contributed by atoms with Crippen molar-refractivity contribution < 1.29 is 14.3 Å². The van der Waals surface area contributed by atoms with E-state index in [-0.39, 0.29) is 6.10 Å². The van der Waals surface area contributed by atoms with Gasteiger partial charge in [0.05, 0.1) is 18.8 Å². The predicted octanol–water partition coefficient (Wildman–Crippen LogP) is 1.53. The van der Waals surface area contributed by atoms with Gasteiger partial charge in [0.15, 0.2) is 0 Å². The zero-order valence-electron chi connectivity index (χ0n) is 10.2. The minimum atomic E-state index is -0.566. The molecule has 0 N–H and O–H groups in total. The summed E-state index contributed by atoms with van der Waals surface area (Å²) in [6.07, 6.45) is -0.722. The van der Waals surface area contributed by atoms with Gasteiger partial charge < -0.3 is 9.47 Å². The molecule has 90 valence electrons. The number of hydrogen-bond donors (Lipinski definition) is 0. The molecule has 0 radical (unpaired) electrons.